The number of benzene rings is 1. The first-order valence-electron chi connectivity index (χ1n) is 4.64. The van der Waals surface area contributed by atoms with Gasteiger partial charge in [-0.2, -0.15) is 4.98 Å². The van der Waals surface area contributed by atoms with Gasteiger partial charge in [0.1, 0.15) is 11.6 Å². The van der Waals surface area contributed by atoms with Gasteiger partial charge in [0.15, 0.2) is 5.82 Å². The van der Waals surface area contributed by atoms with Crippen molar-refractivity contribution in [1.82, 2.24) is 10.1 Å². The maximum Gasteiger partial charge on any atom is 0.240 e. The third-order valence-electron chi connectivity index (χ3n) is 1.97. The van der Waals surface area contributed by atoms with E-state index in [9.17, 15) is 8.78 Å². The van der Waals surface area contributed by atoms with E-state index in [0.717, 1.165) is 6.07 Å². The van der Waals surface area contributed by atoms with E-state index in [-0.39, 0.29) is 13.0 Å². The zero-order valence-electron chi connectivity index (χ0n) is 8.28. The first kappa shape index (κ1) is 10.7. The van der Waals surface area contributed by atoms with Crippen LogP contribution in [-0.2, 0) is 13.0 Å². The Morgan fingerprint density at radius 1 is 1.19 bits per heavy atom. The molecule has 2 N–H and O–H groups in total. The third-order valence-corrected chi connectivity index (χ3v) is 1.97. The van der Waals surface area contributed by atoms with Gasteiger partial charge < -0.3 is 10.3 Å². The number of nitrogens with zero attached hydrogens (tertiary/aromatic N) is 2. The Labute approximate surface area is 90.1 Å². The maximum atomic E-state index is 12.9. The Kier molecular flexibility index (Phi) is 2.91. The van der Waals surface area contributed by atoms with Gasteiger partial charge in [-0.15, -0.1) is 0 Å². The van der Waals surface area contributed by atoms with Crippen LogP contribution in [0.5, 0.6) is 0 Å². The van der Waals surface area contributed by atoms with Crippen molar-refractivity contribution in [2.24, 2.45) is 5.73 Å². The lowest BCUT2D eigenvalue weighted by molar-refractivity contribution is 0.375. The van der Waals surface area contributed by atoms with Gasteiger partial charge in [-0.05, 0) is 17.7 Å². The van der Waals surface area contributed by atoms with Crippen LogP contribution in [0, 0.1) is 11.6 Å². The normalized spacial score (nSPS) is 10.7. The highest BCUT2D eigenvalue weighted by molar-refractivity contribution is 5.20. The Morgan fingerprint density at radius 3 is 2.44 bits per heavy atom. The van der Waals surface area contributed by atoms with E-state index in [4.69, 9.17) is 10.3 Å². The van der Waals surface area contributed by atoms with Crippen molar-refractivity contribution in [3.8, 4) is 0 Å². The van der Waals surface area contributed by atoms with Gasteiger partial charge in [0.2, 0.25) is 5.89 Å². The van der Waals surface area contributed by atoms with Crippen molar-refractivity contribution in [2.45, 2.75) is 13.0 Å². The first-order valence-corrected chi connectivity index (χ1v) is 4.64. The number of hydrogen-bond donors (Lipinski definition) is 1. The summed E-state index contributed by atoms with van der Waals surface area (Å²) in [5.41, 5.74) is 5.73. The van der Waals surface area contributed by atoms with Crippen LogP contribution in [0.4, 0.5) is 8.78 Å². The van der Waals surface area contributed by atoms with E-state index in [1.165, 1.54) is 12.1 Å². The zero-order valence-corrected chi connectivity index (χ0v) is 8.28. The van der Waals surface area contributed by atoms with Gasteiger partial charge in [0, 0.05) is 12.5 Å². The van der Waals surface area contributed by atoms with E-state index < -0.39 is 11.6 Å². The molecule has 2 rings (SSSR count). The number of halogens is 2. The van der Waals surface area contributed by atoms with Gasteiger partial charge in [0.25, 0.3) is 0 Å². The summed E-state index contributed by atoms with van der Waals surface area (Å²) in [7, 11) is 0. The van der Waals surface area contributed by atoms with Crippen LogP contribution in [0.25, 0.3) is 0 Å². The standard InChI is InChI=1S/C10H9F2N3O/c11-7-1-6(2-8(12)4-7)3-9-14-10(5-13)16-15-9/h1-2,4H,3,5,13H2. The zero-order chi connectivity index (χ0) is 11.5. The molecule has 0 bridgehead atoms. The summed E-state index contributed by atoms with van der Waals surface area (Å²) in [6, 6.07) is 3.26. The number of aromatic nitrogens is 2. The lowest BCUT2D eigenvalue weighted by Gasteiger charge is -1.97. The number of rotatable bonds is 3. The molecule has 0 saturated heterocycles. The van der Waals surface area contributed by atoms with Crippen molar-refractivity contribution in [2.75, 3.05) is 0 Å². The smallest absolute Gasteiger partial charge is 0.240 e. The van der Waals surface area contributed by atoms with Crippen LogP contribution in [0.1, 0.15) is 17.3 Å². The quantitative estimate of drug-likeness (QED) is 0.857. The molecule has 0 amide bonds. The van der Waals surface area contributed by atoms with E-state index >= 15 is 0 Å². The van der Waals surface area contributed by atoms with Crippen LogP contribution >= 0.6 is 0 Å². The van der Waals surface area contributed by atoms with Gasteiger partial charge in [0.05, 0.1) is 6.54 Å². The Hall–Kier alpha value is -1.82. The topological polar surface area (TPSA) is 64.9 Å². The molecule has 6 heteroatoms. The second kappa shape index (κ2) is 4.36. The molecule has 84 valence electrons. The lowest BCUT2D eigenvalue weighted by Crippen LogP contribution is -1.97. The summed E-state index contributed by atoms with van der Waals surface area (Å²) in [5, 5.41) is 3.63. The van der Waals surface area contributed by atoms with Crippen LogP contribution in [0.3, 0.4) is 0 Å². The van der Waals surface area contributed by atoms with Crippen molar-refractivity contribution >= 4 is 0 Å². The van der Waals surface area contributed by atoms with Gasteiger partial charge >= 0.3 is 0 Å². The fourth-order valence-corrected chi connectivity index (χ4v) is 1.34. The third kappa shape index (κ3) is 2.40. The van der Waals surface area contributed by atoms with Crippen molar-refractivity contribution in [3.63, 3.8) is 0 Å². The van der Waals surface area contributed by atoms with Crippen LogP contribution in [0.2, 0.25) is 0 Å². The molecule has 0 aliphatic heterocycles. The maximum absolute atomic E-state index is 12.9. The Morgan fingerprint density at radius 2 is 1.88 bits per heavy atom. The average molecular weight is 225 g/mol. The van der Waals surface area contributed by atoms with Gasteiger partial charge in [-0.1, -0.05) is 5.16 Å². The minimum Gasteiger partial charge on any atom is -0.338 e. The summed E-state index contributed by atoms with van der Waals surface area (Å²) in [6.45, 7) is 0.143. The number of nitrogens with two attached hydrogens (primary N) is 1. The highest BCUT2D eigenvalue weighted by Gasteiger charge is 2.07. The van der Waals surface area contributed by atoms with E-state index in [0.29, 0.717) is 17.3 Å². The van der Waals surface area contributed by atoms with Gasteiger partial charge in [-0.3, -0.25) is 0 Å². The fourth-order valence-electron chi connectivity index (χ4n) is 1.34. The van der Waals surface area contributed by atoms with Crippen LogP contribution in [0.15, 0.2) is 22.7 Å². The molecule has 0 saturated carbocycles. The van der Waals surface area contributed by atoms with E-state index in [1.54, 1.807) is 0 Å². The first-order chi connectivity index (χ1) is 7.67. The predicted molar refractivity (Wildman–Crippen MR) is 51.4 cm³/mol. The molecule has 1 aromatic heterocycles. The SMILES string of the molecule is NCc1nc(Cc2cc(F)cc(F)c2)no1. The minimum atomic E-state index is -0.627. The average Bonchev–Trinajstić information content (AvgIpc) is 2.64. The fraction of sp³-hybridized carbons (Fsp3) is 0.200. The molecule has 1 heterocycles. The number of hydrogen-bond acceptors (Lipinski definition) is 4. The second-order valence-corrected chi connectivity index (χ2v) is 3.26. The summed E-state index contributed by atoms with van der Waals surface area (Å²) < 4.78 is 30.5. The molecular weight excluding hydrogens is 216 g/mol. The highest BCUT2D eigenvalue weighted by atomic mass is 19.1. The molecule has 0 aliphatic rings. The molecule has 0 radical (unpaired) electrons. The summed E-state index contributed by atoms with van der Waals surface area (Å²) in [5.74, 6) is -0.604. The largest absolute Gasteiger partial charge is 0.338 e. The monoisotopic (exact) mass is 225 g/mol. The summed E-state index contributed by atoms with van der Waals surface area (Å²) in [4.78, 5) is 3.94. The summed E-state index contributed by atoms with van der Waals surface area (Å²) in [6.07, 6.45) is 0.207. The molecule has 1 aromatic carbocycles. The molecule has 0 atom stereocenters. The molecular formula is C10H9F2N3O. The molecule has 16 heavy (non-hydrogen) atoms. The minimum absolute atomic E-state index is 0.143. The van der Waals surface area contributed by atoms with Crippen LogP contribution < -0.4 is 5.73 Å². The second-order valence-electron chi connectivity index (χ2n) is 3.26. The molecule has 4 nitrogen and oxygen atoms in total. The molecule has 2 aromatic rings. The van der Waals surface area contributed by atoms with E-state index in [2.05, 4.69) is 10.1 Å². The van der Waals surface area contributed by atoms with Crippen molar-refractivity contribution < 1.29 is 13.3 Å². The summed E-state index contributed by atoms with van der Waals surface area (Å²) >= 11 is 0. The van der Waals surface area contributed by atoms with Gasteiger partial charge in [-0.25, -0.2) is 8.78 Å². The lowest BCUT2D eigenvalue weighted by atomic mass is 10.1. The van der Waals surface area contributed by atoms with Crippen LogP contribution in [-0.4, -0.2) is 10.1 Å². The van der Waals surface area contributed by atoms with Crippen molar-refractivity contribution in [1.29, 1.82) is 0 Å². The Bertz CT molecular complexity index is 478. The molecule has 0 unspecified atom stereocenters. The molecule has 0 fully saturated rings. The van der Waals surface area contributed by atoms with Crippen molar-refractivity contribution in [3.05, 3.63) is 47.1 Å². The highest BCUT2D eigenvalue weighted by Crippen LogP contribution is 2.11. The predicted octanol–water partition coefficient (Wildman–Crippen LogP) is 1.40. The van der Waals surface area contributed by atoms with E-state index in [1.807, 2.05) is 0 Å². The molecule has 0 aliphatic carbocycles. The molecule has 0 spiro atoms. The Balaban J connectivity index is 2.19.